The molecule has 0 spiro atoms. The van der Waals surface area contributed by atoms with Crippen molar-refractivity contribution in [1.82, 2.24) is 0 Å². The molecule has 0 saturated carbocycles. The van der Waals surface area contributed by atoms with Gasteiger partial charge in [0.15, 0.2) is 0 Å². The Morgan fingerprint density at radius 2 is 2.27 bits per heavy atom. The van der Waals surface area contributed by atoms with Crippen LogP contribution in [0.25, 0.3) is 0 Å². The van der Waals surface area contributed by atoms with Gasteiger partial charge in [0.1, 0.15) is 0 Å². The number of aliphatic imine (C=N–C) groups is 1. The van der Waals surface area contributed by atoms with E-state index in [2.05, 4.69) is 49.2 Å². The average Bonchev–Trinajstić information content (AvgIpc) is 2.43. The SMILES string of the molecule is CC1=CC(C2=CC(C)CC=N2)=CCC=C1. The lowest BCUT2D eigenvalue weighted by molar-refractivity contribution is 0.756. The van der Waals surface area contributed by atoms with E-state index in [4.69, 9.17) is 0 Å². The van der Waals surface area contributed by atoms with E-state index < -0.39 is 0 Å². The van der Waals surface area contributed by atoms with Crippen LogP contribution in [0.2, 0.25) is 0 Å². The molecule has 1 aliphatic heterocycles. The van der Waals surface area contributed by atoms with E-state index in [1.807, 2.05) is 6.21 Å². The normalized spacial score (nSPS) is 25.5. The Bertz CT molecular complexity index is 392. The highest BCUT2D eigenvalue weighted by Crippen LogP contribution is 2.23. The minimum atomic E-state index is 0.614. The fourth-order valence-electron chi connectivity index (χ4n) is 1.85. The molecule has 0 radical (unpaired) electrons. The van der Waals surface area contributed by atoms with Gasteiger partial charge in [0, 0.05) is 6.21 Å². The third-order valence-electron chi connectivity index (χ3n) is 2.68. The van der Waals surface area contributed by atoms with Gasteiger partial charge in [0.2, 0.25) is 0 Å². The number of nitrogens with zero attached hydrogens (tertiary/aromatic N) is 1. The van der Waals surface area contributed by atoms with Crippen LogP contribution >= 0.6 is 0 Å². The van der Waals surface area contributed by atoms with E-state index in [-0.39, 0.29) is 0 Å². The summed E-state index contributed by atoms with van der Waals surface area (Å²) in [6, 6.07) is 0. The molecule has 0 N–H and O–H groups in total. The monoisotopic (exact) mass is 199 g/mol. The molecule has 0 aromatic rings. The Balaban J connectivity index is 2.28. The molecule has 1 unspecified atom stereocenters. The van der Waals surface area contributed by atoms with E-state index in [1.165, 1.54) is 11.1 Å². The molecule has 1 nitrogen and oxygen atoms in total. The summed E-state index contributed by atoms with van der Waals surface area (Å²) in [7, 11) is 0. The summed E-state index contributed by atoms with van der Waals surface area (Å²) in [5.41, 5.74) is 3.70. The fourth-order valence-corrected chi connectivity index (χ4v) is 1.85. The minimum Gasteiger partial charge on any atom is -0.261 e. The van der Waals surface area contributed by atoms with Crippen molar-refractivity contribution in [1.29, 1.82) is 0 Å². The molecule has 1 atom stereocenters. The second-order valence-electron chi connectivity index (χ2n) is 4.26. The van der Waals surface area contributed by atoms with Crippen molar-refractivity contribution in [2.75, 3.05) is 0 Å². The quantitative estimate of drug-likeness (QED) is 0.609. The van der Waals surface area contributed by atoms with Gasteiger partial charge in [-0.05, 0) is 31.3 Å². The predicted molar refractivity (Wildman–Crippen MR) is 66.0 cm³/mol. The third kappa shape index (κ3) is 2.56. The van der Waals surface area contributed by atoms with Gasteiger partial charge in [-0.2, -0.15) is 0 Å². The topological polar surface area (TPSA) is 12.4 Å². The van der Waals surface area contributed by atoms with Gasteiger partial charge in [-0.3, -0.25) is 4.99 Å². The maximum Gasteiger partial charge on any atom is 0.0658 e. The molecule has 0 aromatic heterocycles. The second-order valence-corrected chi connectivity index (χ2v) is 4.26. The summed E-state index contributed by atoms with van der Waals surface area (Å²) in [4.78, 5) is 4.48. The number of hydrogen-bond acceptors (Lipinski definition) is 1. The second kappa shape index (κ2) is 4.43. The third-order valence-corrected chi connectivity index (χ3v) is 2.68. The molecule has 1 aliphatic carbocycles. The lowest BCUT2D eigenvalue weighted by atomic mass is 10.0. The zero-order valence-electron chi connectivity index (χ0n) is 9.40. The van der Waals surface area contributed by atoms with Crippen LogP contribution in [-0.4, -0.2) is 6.21 Å². The Morgan fingerprint density at radius 1 is 1.40 bits per heavy atom. The summed E-state index contributed by atoms with van der Waals surface area (Å²) >= 11 is 0. The van der Waals surface area contributed by atoms with Gasteiger partial charge < -0.3 is 0 Å². The summed E-state index contributed by atoms with van der Waals surface area (Å²) in [5, 5.41) is 0. The van der Waals surface area contributed by atoms with Crippen molar-refractivity contribution in [3.63, 3.8) is 0 Å². The van der Waals surface area contributed by atoms with Gasteiger partial charge in [0.05, 0.1) is 5.70 Å². The summed E-state index contributed by atoms with van der Waals surface area (Å²) in [6.45, 7) is 4.36. The molecular formula is C14H17N. The maximum absolute atomic E-state index is 4.48. The Labute approximate surface area is 91.6 Å². The number of allylic oxidation sites excluding steroid dienone is 6. The van der Waals surface area contributed by atoms with Crippen LogP contribution in [0.4, 0.5) is 0 Å². The molecule has 0 bridgehead atoms. The van der Waals surface area contributed by atoms with Gasteiger partial charge in [-0.1, -0.05) is 42.9 Å². The molecule has 78 valence electrons. The molecule has 1 heteroatoms. The Hall–Kier alpha value is -1.37. The van der Waals surface area contributed by atoms with Crippen molar-refractivity contribution >= 4 is 6.21 Å². The van der Waals surface area contributed by atoms with Crippen LogP contribution in [0, 0.1) is 5.92 Å². The van der Waals surface area contributed by atoms with Gasteiger partial charge in [-0.25, -0.2) is 0 Å². The van der Waals surface area contributed by atoms with Gasteiger partial charge in [0.25, 0.3) is 0 Å². The first-order valence-electron chi connectivity index (χ1n) is 5.55. The summed E-state index contributed by atoms with van der Waals surface area (Å²) in [5.74, 6) is 0.614. The molecule has 15 heavy (non-hydrogen) atoms. The van der Waals surface area contributed by atoms with E-state index in [0.29, 0.717) is 5.92 Å². The highest BCUT2D eigenvalue weighted by Gasteiger charge is 2.08. The zero-order valence-corrected chi connectivity index (χ0v) is 9.40. The van der Waals surface area contributed by atoms with Crippen LogP contribution < -0.4 is 0 Å². The van der Waals surface area contributed by atoms with Crippen molar-refractivity contribution in [3.05, 3.63) is 47.2 Å². The highest BCUT2D eigenvalue weighted by molar-refractivity contribution is 5.64. The largest absolute Gasteiger partial charge is 0.261 e. The lowest BCUT2D eigenvalue weighted by Gasteiger charge is -2.12. The summed E-state index contributed by atoms with van der Waals surface area (Å²) in [6.07, 6.45) is 15.2. The molecule has 1 heterocycles. The molecular weight excluding hydrogens is 182 g/mol. The maximum atomic E-state index is 4.48. The highest BCUT2D eigenvalue weighted by atomic mass is 14.7. The van der Waals surface area contributed by atoms with Crippen LogP contribution in [-0.2, 0) is 0 Å². The Morgan fingerprint density at radius 3 is 3.07 bits per heavy atom. The van der Waals surface area contributed by atoms with Crippen molar-refractivity contribution in [2.45, 2.75) is 26.7 Å². The van der Waals surface area contributed by atoms with E-state index >= 15 is 0 Å². The first kappa shape index (κ1) is 10.2. The van der Waals surface area contributed by atoms with E-state index in [1.54, 1.807) is 0 Å². The van der Waals surface area contributed by atoms with E-state index in [0.717, 1.165) is 18.5 Å². The molecule has 0 amide bonds. The molecule has 0 fully saturated rings. The first-order valence-corrected chi connectivity index (χ1v) is 5.55. The van der Waals surface area contributed by atoms with Crippen molar-refractivity contribution in [3.8, 4) is 0 Å². The van der Waals surface area contributed by atoms with E-state index in [9.17, 15) is 0 Å². The van der Waals surface area contributed by atoms with Crippen molar-refractivity contribution in [2.24, 2.45) is 10.9 Å². The van der Waals surface area contributed by atoms with Crippen LogP contribution in [0.5, 0.6) is 0 Å². The summed E-state index contributed by atoms with van der Waals surface area (Å²) < 4.78 is 0. The molecule has 0 saturated heterocycles. The van der Waals surface area contributed by atoms with Crippen LogP contribution in [0.3, 0.4) is 0 Å². The standard InChI is InChI=1S/C14H17N/c1-11-5-3-4-6-13(9-11)14-10-12(2)7-8-15-14/h3,5-6,8-10,12H,4,7H2,1-2H3. The fraction of sp³-hybridized carbons (Fsp3) is 0.357. The van der Waals surface area contributed by atoms with Gasteiger partial charge >= 0.3 is 0 Å². The Kier molecular flexibility index (Phi) is 3.00. The van der Waals surface area contributed by atoms with Crippen LogP contribution in [0.1, 0.15) is 26.7 Å². The zero-order chi connectivity index (χ0) is 10.7. The lowest BCUT2D eigenvalue weighted by Crippen LogP contribution is -2.00. The molecule has 2 aliphatic rings. The predicted octanol–water partition coefficient (Wildman–Crippen LogP) is 3.81. The smallest absolute Gasteiger partial charge is 0.0658 e. The number of rotatable bonds is 1. The molecule has 2 rings (SSSR count). The number of hydrogen-bond donors (Lipinski definition) is 0. The molecule has 0 aromatic carbocycles. The van der Waals surface area contributed by atoms with Crippen molar-refractivity contribution < 1.29 is 0 Å². The minimum absolute atomic E-state index is 0.614. The van der Waals surface area contributed by atoms with Crippen LogP contribution in [0.15, 0.2) is 52.2 Å². The average molecular weight is 199 g/mol. The first-order chi connectivity index (χ1) is 7.25. The van der Waals surface area contributed by atoms with Gasteiger partial charge in [-0.15, -0.1) is 0 Å².